The zero-order chi connectivity index (χ0) is 18.8. The van der Waals surface area contributed by atoms with Crippen molar-refractivity contribution in [2.24, 2.45) is 10.9 Å². The molecule has 3 aromatic rings. The molecule has 2 heterocycles. The molecular formula is C17H16ClN5O2S. The minimum Gasteiger partial charge on any atom is -0.441 e. The minimum absolute atomic E-state index is 0.241. The lowest BCUT2D eigenvalue weighted by Crippen LogP contribution is -2.17. The largest absolute Gasteiger partial charge is 0.441 e. The fourth-order valence-electron chi connectivity index (χ4n) is 2.41. The van der Waals surface area contributed by atoms with Crippen molar-refractivity contribution in [2.75, 3.05) is 5.32 Å². The Balaban J connectivity index is 1.87. The topological polar surface area (TPSA) is 120 Å². The summed E-state index contributed by atoms with van der Waals surface area (Å²) in [6, 6.07) is 7.03. The van der Waals surface area contributed by atoms with Crippen molar-refractivity contribution in [1.29, 1.82) is 0 Å². The monoisotopic (exact) mass is 389 g/mol. The first-order valence-corrected chi connectivity index (χ1v) is 8.82. The zero-order valence-corrected chi connectivity index (χ0v) is 15.6. The normalized spacial score (nSPS) is 12.2. The Bertz CT molecular complexity index is 1010. The van der Waals surface area contributed by atoms with E-state index in [0.29, 0.717) is 33.5 Å². The van der Waals surface area contributed by atoms with Crippen LogP contribution in [0, 0.1) is 6.92 Å². The molecule has 0 fully saturated rings. The number of fused-ring (bicyclic) bond motifs is 1. The van der Waals surface area contributed by atoms with Crippen LogP contribution >= 0.6 is 23.5 Å². The Kier molecular flexibility index (Phi) is 5.17. The van der Waals surface area contributed by atoms with Crippen molar-refractivity contribution in [2.45, 2.75) is 13.8 Å². The van der Waals surface area contributed by atoms with Crippen LogP contribution in [0.15, 0.2) is 45.5 Å². The summed E-state index contributed by atoms with van der Waals surface area (Å²) in [6.45, 7) is 3.38. The van der Waals surface area contributed by atoms with Gasteiger partial charge in [0.25, 0.3) is 5.91 Å². The van der Waals surface area contributed by atoms with Crippen LogP contribution in [-0.4, -0.2) is 15.9 Å². The van der Waals surface area contributed by atoms with E-state index in [0.717, 1.165) is 23.1 Å². The van der Waals surface area contributed by atoms with Crippen molar-refractivity contribution in [1.82, 2.24) is 9.97 Å². The van der Waals surface area contributed by atoms with Gasteiger partial charge in [-0.3, -0.25) is 9.93 Å². The summed E-state index contributed by atoms with van der Waals surface area (Å²) in [7, 11) is 0. The van der Waals surface area contributed by atoms with Gasteiger partial charge in [0.1, 0.15) is 16.2 Å². The maximum atomic E-state index is 12.1. The van der Waals surface area contributed by atoms with E-state index in [-0.39, 0.29) is 4.91 Å². The quantitative estimate of drug-likeness (QED) is 0.460. The van der Waals surface area contributed by atoms with Crippen LogP contribution in [0.1, 0.15) is 12.8 Å². The molecule has 1 aromatic carbocycles. The third-order valence-corrected chi connectivity index (χ3v) is 4.64. The van der Waals surface area contributed by atoms with Crippen LogP contribution in [0.2, 0.25) is 5.02 Å². The maximum Gasteiger partial charge on any atom is 0.266 e. The first-order chi connectivity index (χ1) is 12.4. The molecule has 1 amide bonds. The second-order valence-electron chi connectivity index (χ2n) is 5.55. The number of oxazole rings is 1. The van der Waals surface area contributed by atoms with Crippen LogP contribution in [-0.2, 0) is 4.79 Å². The molecule has 7 nitrogen and oxygen atoms in total. The Hall–Kier alpha value is -2.55. The number of rotatable bonds is 4. The number of hydrogen-bond acceptors (Lipinski definition) is 7. The summed E-state index contributed by atoms with van der Waals surface area (Å²) in [5.74, 6) is 0.537. The highest BCUT2D eigenvalue weighted by Crippen LogP contribution is 2.32. The molecule has 0 radical (unpaired) electrons. The first-order valence-electron chi connectivity index (χ1n) is 7.56. The van der Waals surface area contributed by atoms with Crippen molar-refractivity contribution in [3.05, 3.63) is 52.0 Å². The molecular weight excluding hydrogens is 374 g/mol. The van der Waals surface area contributed by atoms with Crippen molar-refractivity contribution >= 4 is 46.4 Å². The summed E-state index contributed by atoms with van der Waals surface area (Å²) >= 11 is 7.14. The van der Waals surface area contributed by atoms with E-state index in [1.807, 2.05) is 6.07 Å². The standard InChI is InChI=1S/C17H16ClN5O2S/c1-8(19)16(26-20)17(24)23-15-4-3-10(7-21-15)11-5-14-13(6-12(11)18)22-9(2)25-14/h3-7H,19-20H2,1-2H3,(H,21,23,24)/b16-8-. The smallest absolute Gasteiger partial charge is 0.266 e. The number of nitrogens with zero attached hydrogens (tertiary/aromatic N) is 2. The number of nitrogens with one attached hydrogen (secondary N) is 1. The Labute approximate surface area is 158 Å². The van der Waals surface area contributed by atoms with E-state index in [1.165, 1.54) is 0 Å². The first kappa shape index (κ1) is 18.2. The van der Waals surface area contributed by atoms with Gasteiger partial charge in [-0.2, -0.15) is 0 Å². The minimum atomic E-state index is -0.408. The average Bonchev–Trinajstić information content (AvgIpc) is 2.94. The summed E-state index contributed by atoms with van der Waals surface area (Å²) < 4.78 is 5.54. The third-order valence-electron chi connectivity index (χ3n) is 3.58. The number of aromatic nitrogens is 2. The molecule has 0 saturated carbocycles. The molecule has 0 aliphatic rings. The van der Waals surface area contributed by atoms with E-state index in [1.54, 1.807) is 38.2 Å². The predicted octanol–water partition coefficient (Wildman–Crippen LogP) is 3.59. The molecule has 0 atom stereocenters. The van der Waals surface area contributed by atoms with E-state index in [4.69, 9.17) is 26.9 Å². The van der Waals surface area contributed by atoms with Gasteiger partial charge in [0.2, 0.25) is 0 Å². The zero-order valence-electron chi connectivity index (χ0n) is 14.0. The number of carbonyl (C=O) groups excluding carboxylic acids is 1. The van der Waals surface area contributed by atoms with E-state index in [2.05, 4.69) is 15.3 Å². The van der Waals surface area contributed by atoms with Crippen LogP contribution < -0.4 is 16.2 Å². The number of halogens is 1. The molecule has 0 bridgehead atoms. The van der Waals surface area contributed by atoms with Gasteiger partial charge >= 0.3 is 0 Å². The molecule has 2 aromatic heterocycles. The SMILES string of the molecule is C/C(N)=C(/SN)C(=O)Nc1ccc(-c2cc3oc(C)nc3cc2Cl)cn1. The molecule has 3 rings (SSSR count). The van der Waals surface area contributed by atoms with Crippen LogP contribution in [0.5, 0.6) is 0 Å². The molecule has 5 N–H and O–H groups in total. The van der Waals surface area contributed by atoms with Crippen molar-refractivity contribution < 1.29 is 9.21 Å². The number of allylic oxidation sites excluding steroid dienone is 1. The lowest BCUT2D eigenvalue weighted by atomic mass is 10.1. The summed E-state index contributed by atoms with van der Waals surface area (Å²) in [6.07, 6.45) is 1.61. The average molecular weight is 390 g/mol. The lowest BCUT2D eigenvalue weighted by molar-refractivity contribution is -0.112. The number of nitrogens with two attached hydrogens (primary N) is 2. The highest BCUT2D eigenvalue weighted by Gasteiger charge is 2.13. The predicted molar refractivity (Wildman–Crippen MR) is 104 cm³/mol. The second kappa shape index (κ2) is 7.36. The molecule has 26 heavy (non-hydrogen) atoms. The third kappa shape index (κ3) is 3.67. The van der Waals surface area contributed by atoms with Gasteiger partial charge in [-0.15, -0.1) is 0 Å². The van der Waals surface area contributed by atoms with Crippen LogP contribution in [0.4, 0.5) is 5.82 Å². The highest BCUT2D eigenvalue weighted by molar-refractivity contribution is 8.01. The van der Waals surface area contributed by atoms with Crippen molar-refractivity contribution in [3.8, 4) is 11.1 Å². The Morgan fingerprint density at radius 2 is 2.12 bits per heavy atom. The van der Waals surface area contributed by atoms with Gasteiger partial charge in [0.05, 0.1) is 5.02 Å². The number of amides is 1. The summed E-state index contributed by atoms with van der Waals surface area (Å²) in [4.78, 5) is 20.9. The van der Waals surface area contributed by atoms with Gasteiger partial charge in [-0.1, -0.05) is 11.6 Å². The Morgan fingerprint density at radius 1 is 1.35 bits per heavy atom. The van der Waals surface area contributed by atoms with Gasteiger partial charge in [-0.05, 0) is 43.1 Å². The maximum absolute atomic E-state index is 12.1. The Morgan fingerprint density at radius 3 is 2.73 bits per heavy atom. The summed E-state index contributed by atoms with van der Waals surface area (Å²) in [5.41, 5.74) is 8.86. The second-order valence-corrected chi connectivity index (χ2v) is 6.60. The van der Waals surface area contributed by atoms with E-state index in [9.17, 15) is 4.79 Å². The van der Waals surface area contributed by atoms with Crippen LogP contribution in [0.25, 0.3) is 22.2 Å². The number of aryl methyl sites for hydroxylation is 1. The van der Waals surface area contributed by atoms with Gasteiger partial charge in [-0.25, -0.2) is 9.97 Å². The van der Waals surface area contributed by atoms with Gasteiger partial charge < -0.3 is 15.5 Å². The molecule has 0 unspecified atom stereocenters. The molecule has 9 heteroatoms. The molecule has 0 saturated heterocycles. The molecule has 0 aliphatic heterocycles. The van der Waals surface area contributed by atoms with Gasteiger partial charge in [0, 0.05) is 29.9 Å². The number of hydrogen-bond donors (Lipinski definition) is 3. The highest BCUT2D eigenvalue weighted by atomic mass is 35.5. The number of anilines is 1. The molecule has 0 spiro atoms. The molecule has 0 aliphatic carbocycles. The van der Waals surface area contributed by atoms with Gasteiger partial charge in [0.15, 0.2) is 11.5 Å². The fourth-order valence-corrected chi connectivity index (χ4v) is 3.02. The van der Waals surface area contributed by atoms with Crippen molar-refractivity contribution in [3.63, 3.8) is 0 Å². The van der Waals surface area contributed by atoms with Crippen LogP contribution in [0.3, 0.4) is 0 Å². The summed E-state index contributed by atoms with van der Waals surface area (Å²) in [5, 5.41) is 8.65. The fraction of sp³-hybridized carbons (Fsp3) is 0.118. The number of carbonyl (C=O) groups is 1. The van der Waals surface area contributed by atoms with E-state index >= 15 is 0 Å². The molecule has 134 valence electrons. The van der Waals surface area contributed by atoms with E-state index < -0.39 is 5.91 Å². The number of pyridine rings is 1. The number of benzene rings is 1. The lowest BCUT2D eigenvalue weighted by Gasteiger charge is -2.09.